The summed E-state index contributed by atoms with van der Waals surface area (Å²) in [5.74, 6) is -0.599. The smallest absolute Gasteiger partial charge is 0.248 e. The molecule has 1 fully saturated rings. The normalized spacial score (nSPS) is 20.7. The highest BCUT2D eigenvalue weighted by Gasteiger charge is 2.25. The summed E-state index contributed by atoms with van der Waals surface area (Å²) < 4.78 is 18.2. The summed E-state index contributed by atoms with van der Waals surface area (Å²) in [6, 6.07) is 6.05. The molecule has 1 aliphatic rings. The first-order valence-corrected chi connectivity index (χ1v) is 5.50. The van der Waals surface area contributed by atoms with E-state index in [-0.39, 0.29) is 24.2 Å². The number of hydrogen-bond acceptors (Lipinski definition) is 3. The first-order chi connectivity index (χ1) is 8.15. The Bertz CT molecular complexity index is 393. The van der Waals surface area contributed by atoms with Gasteiger partial charge in [-0.2, -0.15) is 0 Å². The van der Waals surface area contributed by atoms with Crippen LogP contribution in [-0.4, -0.2) is 28.8 Å². The number of nitrogens with zero attached hydrogens (tertiary/aromatic N) is 1. The Labute approximate surface area is 98.6 Å². The summed E-state index contributed by atoms with van der Waals surface area (Å²) in [4.78, 5) is 11.2. The molecule has 4 nitrogen and oxygen atoms in total. The Morgan fingerprint density at radius 1 is 1.41 bits per heavy atom. The Balaban J connectivity index is 1.82. The number of ether oxygens (including phenoxy) is 1. The van der Waals surface area contributed by atoms with Crippen LogP contribution in [0, 0.1) is 5.82 Å². The second kappa shape index (κ2) is 5.25. The summed E-state index contributed by atoms with van der Waals surface area (Å²) in [6.45, 7) is 0.649. The van der Waals surface area contributed by atoms with Gasteiger partial charge in [0.1, 0.15) is 5.82 Å². The molecule has 1 aromatic carbocycles. The van der Waals surface area contributed by atoms with Crippen LogP contribution in [0.4, 0.5) is 4.39 Å². The van der Waals surface area contributed by atoms with E-state index in [1.807, 2.05) is 0 Å². The van der Waals surface area contributed by atoms with Crippen LogP contribution in [0.3, 0.4) is 0 Å². The number of carbonyl (C=O) groups is 1. The van der Waals surface area contributed by atoms with Crippen LogP contribution in [0.1, 0.15) is 18.4 Å². The predicted molar refractivity (Wildman–Crippen MR) is 57.7 cm³/mol. The summed E-state index contributed by atoms with van der Waals surface area (Å²) in [5.41, 5.74) is 0.866. The van der Waals surface area contributed by atoms with E-state index in [9.17, 15) is 9.18 Å². The molecule has 1 atom stereocenters. The number of carbonyl (C=O) groups excluding carboxylic acids is 1. The molecule has 17 heavy (non-hydrogen) atoms. The molecule has 5 heteroatoms. The van der Waals surface area contributed by atoms with Crippen LogP contribution in [0.25, 0.3) is 0 Å². The lowest BCUT2D eigenvalue weighted by molar-refractivity contribution is -0.178. The molecule has 0 saturated carbocycles. The van der Waals surface area contributed by atoms with Crippen molar-refractivity contribution in [2.75, 3.05) is 6.54 Å². The van der Waals surface area contributed by atoms with Crippen molar-refractivity contribution in [3.63, 3.8) is 0 Å². The molecule has 0 radical (unpaired) electrons. The average molecular weight is 239 g/mol. The zero-order chi connectivity index (χ0) is 12.3. The van der Waals surface area contributed by atoms with Crippen LogP contribution in [-0.2, 0) is 16.1 Å². The van der Waals surface area contributed by atoms with Crippen molar-refractivity contribution in [1.82, 2.24) is 5.06 Å². The van der Waals surface area contributed by atoms with Gasteiger partial charge in [-0.3, -0.25) is 10.0 Å². The molecule has 92 valence electrons. The molecule has 0 aliphatic carbocycles. The van der Waals surface area contributed by atoms with Gasteiger partial charge in [-0.25, -0.2) is 9.45 Å². The fourth-order valence-corrected chi connectivity index (χ4v) is 1.73. The Hall–Kier alpha value is -1.46. The minimum atomic E-state index is -0.319. The highest BCUT2D eigenvalue weighted by Crippen LogP contribution is 2.15. The van der Waals surface area contributed by atoms with Gasteiger partial charge in [0.2, 0.25) is 5.91 Å². The Morgan fingerprint density at radius 2 is 2.12 bits per heavy atom. The van der Waals surface area contributed by atoms with E-state index in [0.29, 0.717) is 19.6 Å². The van der Waals surface area contributed by atoms with E-state index in [1.165, 1.54) is 12.1 Å². The maximum atomic E-state index is 12.7. The molecule has 1 aromatic rings. The van der Waals surface area contributed by atoms with Gasteiger partial charge in [-0.05, 0) is 24.1 Å². The molecular formula is C12H14FNO3. The average Bonchev–Trinajstić information content (AvgIpc) is 2.33. The molecule has 1 N–H and O–H groups in total. The monoisotopic (exact) mass is 239 g/mol. The predicted octanol–water partition coefficient (Wildman–Crippen LogP) is 1.72. The lowest BCUT2D eigenvalue weighted by atomic mass is 10.1. The summed E-state index contributed by atoms with van der Waals surface area (Å²) >= 11 is 0. The minimum Gasteiger partial charge on any atom is -0.373 e. The van der Waals surface area contributed by atoms with Gasteiger partial charge < -0.3 is 4.74 Å². The van der Waals surface area contributed by atoms with Gasteiger partial charge in [0, 0.05) is 0 Å². The van der Waals surface area contributed by atoms with Crippen molar-refractivity contribution >= 4 is 5.91 Å². The number of hydroxylamine groups is 2. The molecule has 1 heterocycles. The van der Waals surface area contributed by atoms with Crippen LogP contribution in [0.15, 0.2) is 24.3 Å². The molecular weight excluding hydrogens is 225 g/mol. The number of halogens is 1. The van der Waals surface area contributed by atoms with Crippen molar-refractivity contribution in [3.05, 3.63) is 35.6 Å². The van der Waals surface area contributed by atoms with Crippen molar-refractivity contribution in [1.29, 1.82) is 0 Å². The van der Waals surface area contributed by atoms with Crippen molar-refractivity contribution in [2.24, 2.45) is 0 Å². The molecule has 1 saturated heterocycles. The van der Waals surface area contributed by atoms with E-state index < -0.39 is 0 Å². The summed E-state index contributed by atoms with van der Waals surface area (Å²) in [5, 5.41) is 9.82. The fourth-order valence-electron chi connectivity index (χ4n) is 1.73. The van der Waals surface area contributed by atoms with Crippen molar-refractivity contribution in [3.8, 4) is 0 Å². The number of piperidine rings is 1. The van der Waals surface area contributed by atoms with Gasteiger partial charge in [-0.15, -0.1) is 0 Å². The highest BCUT2D eigenvalue weighted by molar-refractivity contribution is 5.76. The standard InChI is InChI=1S/C12H14FNO3/c13-10-3-1-9(2-4-10)8-17-11-5-6-14(16)12(15)7-11/h1-4,11,16H,5-8H2. The third-order valence-corrected chi connectivity index (χ3v) is 2.75. The number of rotatable bonds is 3. The lowest BCUT2D eigenvalue weighted by Gasteiger charge is -2.27. The molecule has 1 amide bonds. The van der Waals surface area contributed by atoms with Crippen LogP contribution < -0.4 is 0 Å². The molecule has 1 aliphatic heterocycles. The van der Waals surface area contributed by atoms with Crippen LogP contribution in [0.2, 0.25) is 0 Å². The van der Waals surface area contributed by atoms with Crippen molar-refractivity contribution in [2.45, 2.75) is 25.6 Å². The van der Waals surface area contributed by atoms with Gasteiger partial charge in [0.05, 0.1) is 25.7 Å². The minimum absolute atomic E-state index is 0.170. The summed E-state index contributed by atoms with van der Waals surface area (Å²) in [6.07, 6.45) is 0.636. The van der Waals surface area contributed by atoms with Crippen molar-refractivity contribution < 1.29 is 19.1 Å². The second-order valence-corrected chi connectivity index (χ2v) is 4.07. The number of benzene rings is 1. The van der Waals surface area contributed by atoms with E-state index in [2.05, 4.69) is 0 Å². The van der Waals surface area contributed by atoms with Crippen LogP contribution >= 0.6 is 0 Å². The molecule has 0 bridgehead atoms. The van der Waals surface area contributed by atoms with E-state index >= 15 is 0 Å². The fraction of sp³-hybridized carbons (Fsp3) is 0.417. The van der Waals surface area contributed by atoms with Gasteiger partial charge in [0.25, 0.3) is 0 Å². The maximum absolute atomic E-state index is 12.7. The molecule has 0 spiro atoms. The third kappa shape index (κ3) is 3.25. The Kier molecular flexibility index (Phi) is 3.71. The zero-order valence-corrected chi connectivity index (χ0v) is 9.30. The number of hydrogen-bond donors (Lipinski definition) is 1. The SMILES string of the molecule is O=C1CC(OCc2ccc(F)cc2)CCN1O. The Morgan fingerprint density at radius 3 is 2.76 bits per heavy atom. The van der Waals surface area contributed by atoms with E-state index in [4.69, 9.17) is 9.94 Å². The topological polar surface area (TPSA) is 49.8 Å². The van der Waals surface area contributed by atoms with Gasteiger partial charge >= 0.3 is 0 Å². The van der Waals surface area contributed by atoms with Gasteiger partial charge in [-0.1, -0.05) is 12.1 Å². The van der Waals surface area contributed by atoms with E-state index in [0.717, 1.165) is 10.6 Å². The second-order valence-electron chi connectivity index (χ2n) is 4.07. The molecule has 0 aromatic heterocycles. The molecule has 2 rings (SSSR count). The highest BCUT2D eigenvalue weighted by atomic mass is 19.1. The molecule has 1 unspecified atom stereocenters. The largest absolute Gasteiger partial charge is 0.373 e. The zero-order valence-electron chi connectivity index (χ0n) is 9.30. The maximum Gasteiger partial charge on any atom is 0.248 e. The third-order valence-electron chi connectivity index (χ3n) is 2.75. The first kappa shape index (κ1) is 12.0. The first-order valence-electron chi connectivity index (χ1n) is 5.50. The number of amides is 1. The van der Waals surface area contributed by atoms with Crippen LogP contribution in [0.5, 0.6) is 0 Å². The van der Waals surface area contributed by atoms with Gasteiger partial charge in [0.15, 0.2) is 0 Å². The van der Waals surface area contributed by atoms with E-state index in [1.54, 1.807) is 12.1 Å². The quantitative estimate of drug-likeness (QED) is 0.817. The lowest BCUT2D eigenvalue weighted by Crippen LogP contribution is -2.39. The summed E-state index contributed by atoms with van der Waals surface area (Å²) in [7, 11) is 0.